The normalized spacial score (nSPS) is 11.2. The van der Waals surface area contributed by atoms with Crippen LogP contribution in [-0.2, 0) is 10.0 Å². The highest BCUT2D eigenvalue weighted by Crippen LogP contribution is 2.39. The number of ether oxygens (including phenoxy) is 1. The van der Waals surface area contributed by atoms with Gasteiger partial charge in [-0.1, -0.05) is 54.6 Å². The molecule has 5 rings (SSSR count). The minimum absolute atomic E-state index is 0.0115. The Morgan fingerprint density at radius 2 is 1.63 bits per heavy atom. The van der Waals surface area contributed by atoms with Gasteiger partial charge in [0.05, 0.1) is 4.92 Å². The van der Waals surface area contributed by atoms with Gasteiger partial charge in [-0.05, 0) is 46.5 Å². The third-order valence-electron chi connectivity index (χ3n) is 6.02. The van der Waals surface area contributed by atoms with Gasteiger partial charge < -0.3 is 15.4 Å². The molecule has 0 bridgehead atoms. The van der Waals surface area contributed by atoms with Crippen molar-refractivity contribution in [3.8, 4) is 22.6 Å². The molecular weight excluding hydrogens is 564 g/mol. The molecule has 4 aromatic carbocycles. The molecule has 0 aliphatic rings. The Balaban J connectivity index is 1.24. The molecule has 12 heteroatoms. The van der Waals surface area contributed by atoms with E-state index in [1.54, 1.807) is 23.6 Å². The van der Waals surface area contributed by atoms with Crippen LogP contribution in [0.4, 0.5) is 16.2 Å². The number of non-ortho nitro benzene ring substituents is 1. The van der Waals surface area contributed by atoms with Gasteiger partial charge in [0.25, 0.3) is 15.7 Å². The van der Waals surface area contributed by atoms with Gasteiger partial charge in [-0.15, -0.1) is 11.3 Å². The first-order valence-corrected chi connectivity index (χ1v) is 14.8. The summed E-state index contributed by atoms with van der Waals surface area (Å²) in [5.41, 5.74) is 1.20. The molecule has 0 aliphatic carbocycles. The fourth-order valence-electron chi connectivity index (χ4n) is 4.14. The molecule has 5 aromatic rings. The topological polar surface area (TPSA) is 140 Å². The van der Waals surface area contributed by atoms with Crippen LogP contribution in [-0.4, -0.2) is 32.5 Å². The third-order valence-corrected chi connectivity index (χ3v) is 8.96. The lowest BCUT2D eigenvalue weighted by Gasteiger charge is -2.13. The molecule has 0 radical (unpaired) electrons. The number of hydrogen-bond donors (Lipinski definition) is 3. The van der Waals surface area contributed by atoms with Crippen molar-refractivity contribution in [2.75, 3.05) is 18.4 Å². The maximum Gasteiger partial charge on any atom is 0.319 e. The van der Waals surface area contributed by atoms with Gasteiger partial charge >= 0.3 is 6.03 Å². The van der Waals surface area contributed by atoms with Gasteiger partial charge in [0, 0.05) is 42.0 Å². The predicted molar refractivity (Wildman–Crippen MR) is 159 cm³/mol. The number of nitrogens with one attached hydrogen (secondary N) is 3. The Hall–Kier alpha value is -4.78. The highest BCUT2D eigenvalue weighted by molar-refractivity contribution is 7.91. The maximum atomic E-state index is 13.2. The second-order valence-electron chi connectivity index (χ2n) is 8.82. The van der Waals surface area contributed by atoms with Gasteiger partial charge in [0.15, 0.2) is 0 Å². The number of nitro benzene ring substituents is 1. The van der Waals surface area contributed by atoms with Crippen molar-refractivity contribution in [1.82, 2.24) is 10.0 Å². The molecule has 0 unspecified atom stereocenters. The Morgan fingerprint density at radius 1 is 0.854 bits per heavy atom. The number of thiophene rings is 1. The van der Waals surface area contributed by atoms with E-state index in [-0.39, 0.29) is 28.7 Å². The number of urea groups is 1. The highest BCUT2D eigenvalue weighted by atomic mass is 32.2. The van der Waals surface area contributed by atoms with E-state index in [4.69, 9.17) is 4.74 Å². The molecule has 0 aliphatic heterocycles. The lowest BCUT2D eigenvalue weighted by molar-refractivity contribution is -0.384. The van der Waals surface area contributed by atoms with E-state index in [1.807, 2.05) is 54.6 Å². The minimum Gasteiger partial charge on any atom is -0.457 e. The summed E-state index contributed by atoms with van der Waals surface area (Å²) in [6, 6.07) is 27.5. The summed E-state index contributed by atoms with van der Waals surface area (Å²) < 4.78 is 35.2. The van der Waals surface area contributed by atoms with Crippen LogP contribution >= 0.6 is 11.3 Å². The molecule has 0 spiro atoms. The number of amides is 2. The van der Waals surface area contributed by atoms with Crippen LogP contribution < -0.4 is 20.1 Å². The van der Waals surface area contributed by atoms with E-state index in [1.165, 1.54) is 24.3 Å². The molecule has 0 atom stereocenters. The lowest BCUT2D eigenvalue weighted by Crippen LogP contribution is -2.36. The van der Waals surface area contributed by atoms with E-state index < -0.39 is 21.0 Å². The standard InChI is InChI=1S/C29H24N4O6S2/c34-29(32-22-8-5-9-23(19-22)33(35)36)30-15-16-31-41(37,38)28-26(14-17-40-28)25-10-3-4-11-27(25)39-24-13-12-20-6-1-2-7-21(20)18-24/h1-14,17-19,31H,15-16H2,(H2,30,32,34). The lowest BCUT2D eigenvalue weighted by atomic mass is 10.1. The molecule has 0 fully saturated rings. The third kappa shape index (κ3) is 6.69. The van der Waals surface area contributed by atoms with Crippen LogP contribution in [0.25, 0.3) is 21.9 Å². The summed E-state index contributed by atoms with van der Waals surface area (Å²) in [5.74, 6) is 1.14. The van der Waals surface area contributed by atoms with Crippen molar-refractivity contribution in [3.63, 3.8) is 0 Å². The number of sulfonamides is 1. The average Bonchev–Trinajstić information content (AvgIpc) is 3.47. The van der Waals surface area contributed by atoms with Crippen LogP contribution in [0.5, 0.6) is 11.5 Å². The number of nitro groups is 1. The van der Waals surface area contributed by atoms with Gasteiger partial charge in [0.1, 0.15) is 15.7 Å². The maximum absolute atomic E-state index is 13.2. The van der Waals surface area contributed by atoms with Crippen molar-refractivity contribution in [3.05, 3.63) is 113 Å². The van der Waals surface area contributed by atoms with E-state index in [9.17, 15) is 23.3 Å². The monoisotopic (exact) mass is 588 g/mol. The average molecular weight is 589 g/mol. The number of benzene rings is 4. The van der Waals surface area contributed by atoms with E-state index >= 15 is 0 Å². The van der Waals surface area contributed by atoms with Crippen LogP contribution in [0.3, 0.4) is 0 Å². The molecule has 10 nitrogen and oxygen atoms in total. The summed E-state index contributed by atoms with van der Waals surface area (Å²) in [4.78, 5) is 22.5. The number of rotatable bonds is 10. The fraction of sp³-hybridized carbons (Fsp3) is 0.0690. The van der Waals surface area contributed by atoms with Crippen LogP contribution in [0.15, 0.2) is 107 Å². The number of hydrogen-bond acceptors (Lipinski definition) is 7. The van der Waals surface area contributed by atoms with E-state index in [0.717, 1.165) is 22.1 Å². The minimum atomic E-state index is -3.92. The van der Waals surface area contributed by atoms with Crippen molar-refractivity contribution in [1.29, 1.82) is 0 Å². The number of fused-ring (bicyclic) bond motifs is 1. The van der Waals surface area contributed by atoms with E-state index in [2.05, 4.69) is 15.4 Å². The first kappa shape index (κ1) is 27.8. The summed E-state index contributed by atoms with van der Waals surface area (Å²) in [7, 11) is -3.92. The Bertz CT molecular complexity index is 1840. The Morgan fingerprint density at radius 3 is 2.46 bits per heavy atom. The van der Waals surface area contributed by atoms with Crippen LogP contribution in [0, 0.1) is 10.1 Å². The Kier molecular flexibility index (Phi) is 8.24. The number of anilines is 1. The van der Waals surface area contributed by atoms with Crippen molar-refractivity contribution < 1.29 is 22.9 Å². The first-order valence-electron chi connectivity index (χ1n) is 12.4. The summed E-state index contributed by atoms with van der Waals surface area (Å²) in [6.07, 6.45) is 0. The van der Waals surface area contributed by atoms with Gasteiger partial charge in [-0.25, -0.2) is 17.9 Å². The molecule has 1 heterocycles. The summed E-state index contributed by atoms with van der Waals surface area (Å²) >= 11 is 1.08. The number of nitrogens with zero attached hydrogens (tertiary/aromatic N) is 1. The zero-order valence-electron chi connectivity index (χ0n) is 21.4. The quantitative estimate of drug-likeness (QED) is 0.0984. The predicted octanol–water partition coefficient (Wildman–Crippen LogP) is 6.37. The zero-order chi connectivity index (χ0) is 28.8. The molecule has 0 saturated heterocycles. The molecule has 0 saturated carbocycles. The van der Waals surface area contributed by atoms with Gasteiger partial charge in [-0.2, -0.15) is 0 Å². The van der Waals surface area contributed by atoms with Crippen LogP contribution in [0.1, 0.15) is 0 Å². The summed E-state index contributed by atoms with van der Waals surface area (Å²) in [6.45, 7) is -0.0837. The number of carbonyl (C=O) groups excluding carboxylic acids is 1. The second-order valence-corrected chi connectivity index (χ2v) is 11.7. The molecule has 3 N–H and O–H groups in total. The number of carbonyl (C=O) groups is 1. The fourth-order valence-corrected chi connectivity index (χ4v) is 6.59. The van der Waals surface area contributed by atoms with Crippen molar-refractivity contribution in [2.24, 2.45) is 0 Å². The van der Waals surface area contributed by atoms with E-state index in [0.29, 0.717) is 22.6 Å². The first-order chi connectivity index (χ1) is 19.8. The van der Waals surface area contributed by atoms with Crippen molar-refractivity contribution >= 4 is 49.5 Å². The molecular formula is C29H24N4O6S2. The van der Waals surface area contributed by atoms with Crippen molar-refractivity contribution in [2.45, 2.75) is 4.21 Å². The summed E-state index contributed by atoms with van der Waals surface area (Å²) in [5, 5.41) is 19.7. The molecule has 2 amide bonds. The molecule has 41 heavy (non-hydrogen) atoms. The van der Waals surface area contributed by atoms with Gasteiger partial charge in [-0.3, -0.25) is 10.1 Å². The SMILES string of the molecule is O=C(NCCNS(=O)(=O)c1sccc1-c1ccccc1Oc1ccc2ccccc2c1)Nc1cccc([N+](=O)[O-])c1. The molecule has 208 valence electrons. The molecule has 1 aromatic heterocycles. The number of para-hydroxylation sites is 1. The van der Waals surface area contributed by atoms with Gasteiger partial charge in [0.2, 0.25) is 0 Å². The highest BCUT2D eigenvalue weighted by Gasteiger charge is 2.23. The van der Waals surface area contributed by atoms with Crippen LogP contribution in [0.2, 0.25) is 0 Å². The largest absolute Gasteiger partial charge is 0.457 e. The zero-order valence-corrected chi connectivity index (χ0v) is 23.1. The second kappa shape index (κ2) is 12.2. The Labute approximate surface area is 239 Å². The smallest absolute Gasteiger partial charge is 0.319 e.